The van der Waals surface area contributed by atoms with E-state index in [2.05, 4.69) is 5.32 Å². The summed E-state index contributed by atoms with van der Waals surface area (Å²) in [7, 11) is -4.16. The fourth-order valence-electron chi connectivity index (χ4n) is 1.52. The zero-order valence-electron chi connectivity index (χ0n) is 9.52. The average molecular weight is 272 g/mol. The van der Waals surface area contributed by atoms with Crippen molar-refractivity contribution in [3.05, 3.63) is 29.6 Å². The molecule has 2 rings (SSSR count). The molecule has 5 nitrogen and oxygen atoms in total. The van der Waals surface area contributed by atoms with Gasteiger partial charge < -0.3 is 5.32 Å². The second kappa shape index (κ2) is 4.66. The molecule has 0 unspecified atom stereocenters. The molecule has 1 amide bonds. The average Bonchev–Trinajstić information content (AvgIpc) is 3.08. The molecule has 0 aliphatic heterocycles. The van der Waals surface area contributed by atoms with Crippen LogP contribution < -0.4 is 10.5 Å². The Balaban J connectivity index is 2.20. The molecule has 0 atom stereocenters. The Morgan fingerprint density at radius 1 is 1.44 bits per heavy atom. The lowest BCUT2D eigenvalue weighted by atomic mass is 10.2. The topological polar surface area (TPSA) is 89.3 Å². The van der Waals surface area contributed by atoms with E-state index < -0.39 is 26.6 Å². The van der Waals surface area contributed by atoms with Crippen molar-refractivity contribution in [3.8, 4) is 0 Å². The molecule has 98 valence electrons. The molecule has 0 bridgehead atoms. The van der Waals surface area contributed by atoms with E-state index in [9.17, 15) is 17.6 Å². The maximum Gasteiger partial charge on any atom is 0.251 e. The van der Waals surface area contributed by atoms with Crippen LogP contribution in [-0.2, 0) is 10.0 Å². The van der Waals surface area contributed by atoms with Gasteiger partial charge in [0, 0.05) is 12.1 Å². The van der Waals surface area contributed by atoms with E-state index in [0.29, 0.717) is 12.5 Å². The molecular formula is C11H13FN2O3S. The van der Waals surface area contributed by atoms with E-state index in [-0.39, 0.29) is 5.56 Å². The molecule has 7 heteroatoms. The third-order valence-corrected chi connectivity index (χ3v) is 3.67. The molecule has 0 spiro atoms. The first-order valence-corrected chi connectivity index (χ1v) is 7.03. The van der Waals surface area contributed by atoms with Gasteiger partial charge in [0.05, 0.1) is 0 Å². The highest BCUT2D eigenvalue weighted by atomic mass is 32.2. The van der Waals surface area contributed by atoms with Crippen LogP contribution in [0.4, 0.5) is 4.39 Å². The van der Waals surface area contributed by atoms with Crippen molar-refractivity contribution < 1.29 is 17.6 Å². The largest absolute Gasteiger partial charge is 0.352 e. The highest BCUT2D eigenvalue weighted by Gasteiger charge is 2.22. The maximum atomic E-state index is 13.3. The summed E-state index contributed by atoms with van der Waals surface area (Å²) < 4.78 is 35.5. The molecule has 18 heavy (non-hydrogen) atoms. The van der Waals surface area contributed by atoms with Gasteiger partial charge in [-0.1, -0.05) is 0 Å². The number of nitrogens with two attached hydrogens (primary N) is 1. The molecule has 0 radical (unpaired) electrons. The standard InChI is InChI=1S/C11H13FN2O3S/c12-9-4-3-8(5-10(9)18(13,16)17)11(15)14-6-7-1-2-7/h3-5,7H,1-2,6H2,(H,14,15)(H2,13,16,17). The molecule has 1 aliphatic carbocycles. The van der Waals surface area contributed by atoms with Gasteiger partial charge in [0.2, 0.25) is 10.0 Å². The fourth-order valence-corrected chi connectivity index (χ4v) is 2.15. The van der Waals surface area contributed by atoms with Crippen LogP contribution in [0.5, 0.6) is 0 Å². The predicted molar refractivity (Wildman–Crippen MR) is 62.8 cm³/mol. The van der Waals surface area contributed by atoms with E-state index in [1.54, 1.807) is 0 Å². The summed E-state index contributed by atoms with van der Waals surface area (Å²) in [5, 5.41) is 7.52. The van der Waals surface area contributed by atoms with Gasteiger partial charge >= 0.3 is 0 Å². The number of primary sulfonamides is 1. The molecule has 3 N–H and O–H groups in total. The molecule has 1 aliphatic rings. The Hall–Kier alpha value is -1.47. The number of nitrogens with one attached hydrogen (secondary N) is 1. The zero-order valence-corrected chi connectivity index (χ0v) is 10.3. The molecule has 0 heterocycles. The quantitative estimate of drug-likeness (QED) is 0.841. The fraction of sp³-hybridized carbons (Fsp3) is 0.364. The van der Waals surface area contributed by atoms with Gasteiger partial charge in [0.25, 0.3) is 5.91 Å². The summed E-state index contributed by atoms with van der Waals surface area (Å²) in [5.74, 6) is -0.879. The molecule has 1 aromatic rings. The first kappa shape index (κ1) is 13.0. The van der Waals surface area contributed by atoms with Gasteiger partial charge in [-0.15, -0.1) is 0 Å². The number of benzene rings is 1. The Bertz CT molecular complexity index is 582. The number of amides is 1. The molecule has 1 aromatic carbocycles. The lowest BCUT2D eigenvalue weighted by molar-refractivity contribution is 0.0951. The third kappa shape index (κ3) is 3.05. The lowest BCUT2D eigenvalue weighted by Crippen LogP contribution is -2.26. The molecule has 1 fully saturated rings. The van der Waals surface area contributed by atoms with Gasteiger partial charge in [0.1, 0.15) is 10.7 Å². The Morgan fingerprint density at radius 3 is 2.67 bits per heavy atom. The molecule has 0 aromatic heterocycles. The van der Waals surface area contributed by atoms with E-state index >= 15 is 0 Å². The van der Waals surface area contributed by atoms with Crippen LogP contribution in [0.25, 0.3) is 0 Å². The van der Waals surface area contributed by atoms with Gasteiger partial charge in [-0.05, 0) is 37.0 Å². The lowest BCUT2D eigenvalue weighted by Gasteiger charge is -2.06. The van der Waals surface area contributed by atoms with Crippen LogP contribution in [0, 0.1) is 11.7 Å². The summed E-state index contributed by atoms with van der Waals surface area (Å²) in [5.41, 5.74) is 0.0843. The van der Waals surface area contributed by atoms with Crippen LogP contribution >= 0.6 is 0 Å². The van der Waals surface area contributed by atoms with Crippen molar-refractivity contribution in [3.63, 3.8) is 0 Å². The maximum absolute atomic E-state index is 13.3. The smallest absolute Gasteiger partial charge is 0.251 e. The summed E-state index contributed by atoms with van der Waals surface area (Å²) >= 11 is 0. The normalized spacial score (nSPS) is 15.4. The van der Waals surface area contributed by atoms with Crippen LogP contribution in [0.15, 0.2) is 23.1 Å². The van der Waals surface area contributed by atoms with Crippen molar-refractivity contribution in [2.75, 3.05) is 6.54 Å². The second-order valence-corrected chi connectivity index (χ2v) is 5.87. The van der Waals surface area contributed by atoms with E-state index in [0.717, 1.165) is 25.0 Å². The Labute approximate surface area is 104 Å². The van der Waals surface area contributed by atoms with Crippen molar-refractivity contribution in [2.24, 2.45) is 11.1 Å². The SMILES string of the molecule is NS(=O)(=O)c1cc(C(=O)NCC2CC2)ccc1F. The first-order valence-electron chi connectivity index (χ1n) is 5.48. The highest BCUT2D eigenvalue weighted by molar-refractivity contribution is 7.89. The molecule has 0 saturated heterocycles. The van der Waals surface area contributed by atoms with E-state index in [1.165, 1.54) is 6.07 Å². The van der Waals surface area contributed by atoms with E-state index in [1.807, 2.05) is 0 Å². The summed E-state index contributed by atoms with van der Waals surface area (Å²) in [6, 6.07) is 3.10. The monoisotopic (exact) mass is 272 g/mol. The third-order valence-electron chi connectivity index (χ3n) is 2.75. The second-order valence-electron chi connectivity index (χ2n) is 4.34. The zero-order chi connectivity index (χ0) is 13.3. The van der Waals surface area contributed by atoms with Gasteiger partial charge in [-0.3, -0.25) is 4.79 Å². The van der Waals surface area contributed by atoms with Crippen LogP contribution in [0.3, 0.4) is 0 Å². The summed E-state index contributed by atoms with van der Waals surface area (Å²) in [6.07, 6.45) is 2.18. The number of halogens is 1. The number of hydrogen-bond donors (Lipinski definition) is 2. The van der Waals surface area contributed by atoms with Crippen LogP contribution in [-0.4, -0.2) is 20.9 Å². The molecular weight excluding hydrogens is 259 g/mol. The van der Waals surface area contributed by atoms with Crippen molar-refractivity contribution in [1.29, 1.82) is 0 Å². The first-order chi connectivity index (χ1) is 8.38. The number of carbonyl (C=O) groups is 1. The van der Waals surface area contributed by atoms with Crippen LogP contribution in [0.1, 0.15) is 23.2 Å². The van der Waals surface area contributed by atoms with Crippen molar-refractivity contribution in [1.82, 2.24) is 5.32 Å². The molecule has 1 saturated carbocycles. The predicted octanol–water partition coefficient (Wildman–Crippen LogP) is 0.613. The minimum Gasteiger partial charge on any atom is -0.352 e. The minimum absolute atomic E-state index is 0.0843. The summed E-state index contributed by atoms with van der Waals surface area (Å²) in [6.45, 7) is 0.556. The summed E-state index contributed by atoms with van der Waals surface area (Å²) in [4.78, 5) is 11.0. The van der Waals surface area contributed by atoms with Gasteiger partial charge in [-0.2, -0.15) is 0 Å². The number of carbonyl (C=O) groups excluding carboxylic acids is 1. The van der Waals surface area contributed by atoms with Crippen molar-refractivity contribution in [2.45, 2.75) is 17.7 Å². The van der Waals surface area contributed by atoms with Crippen molar-refractivity contribution >= 4 is 15.9 Å². The number of hydrogen-bond acceptors (Lipinski definition) is 3. The van der Waals surface area contributed by atoms with Gasteiger partial charge in [-0.25, -0.2) is 17.9 Å². The van der Waals surface area contributed by atoms with E-state index in [4.69, 9.17) is 5.14 Å². The Morgan fingerprint density at radius 2 is 2.11 bits per heavy atom. The number of sulfonamides is 1. The minimum atomic E-state index is -4.16. The van der Waals surface area contributed by atoms with Crippen LogP contribution in [0.2, 0.25) is 0 Å². The Kier molecular flexibility index (Phi) is 3.36. The number of rotatable bonds is 4. The van der Waals surface area contributed by atoms with Gasteiger partial charge in [0.15, 0.2) is 0 Å². The highest BCUT2D eigenvalue weighted by Crippen LogP contribution is 2.27.